The summed E-state index contributed by atoms with van der Waals surface area (Å²) in [5, 5.41) is 2.61. The molecule has 1 aliphatic heterocycles. The number of aryl methyl sites for hydroxylation is 1. The Bertz CT molecular complexity index is 1240. The summed E-state index contributed by atoms with van der Waals surface area (Å²) in [5.74, 6) is -0.0214. The summed E-state index contributed by atoms with van der Waals surface area (Å²) in [6.45, 7) is 1.07. The molecule has 33 heavy (non-hydrogen) atoms. The third kappa shape index (κ3) is 5.21. The average molecular weight is 475 g/mol. The van der Waals surface area contributed by atoms with Gasteiger partial charge in [-0.2, -0.15) is 4.31 Å². The molecule has 11 heteroatoms. The molecular weight excluding hydrogens is 451 g/mol. The maximum Gasteiger partial charge on any atom is 0.255 e. The molecule has 0 bridgehead atoms. The lowest BCUT2D eigenvalue weighted by Crippen LogP contribution is -2.40. The van der Waals surface area contributed by atoms with Crippen LogP contribution in [-0.2, 0) is 28.4 Å². The maximum atomic E-state index is 14.4. The number of benzene rings is 2. The number of imidazole rings is 1. The maximum absolute atomic E-state index is 14.4. The molecular formula is C22H23FN4O5S. The number of amides is 1. The largest absolute Gasteiger partial charge is 0.486 e. The first-order valence-corrected chi connectivity index (χ1v) is 11.7. The minimum Gasteiger partial charge on any atom is -0.486 e. The molecule has 4 rings (SSSR count). The predicted octanol–water partition coefficient (Wildman–Crippen LogP) is 2.41. The fraction of sp³-hybridized carbons (Fsp3) is 0.273. The third-order valence-electron chi connectivity index (χ3n) is 5.18. The lowest BCUT2D eigenvalue weighted by molar-refractivity contribution is 0.0729. The van der Waals surface area contributed by atoms with Crippen LogP contribution in [0.3, 0.4) is 0 Å². The van der Waals surface area contributed by atoms with E-state index in [1.165, 1.54) is 10.4 Å². The fourth-order valence-electron chi connectivity index (χ4n) is 3.29. The van der Waals surface area contributed by atoms with Gasteiger partial charge in [-0.3, -0.25) is 4.79 Å². The minimum absolute atomic E-state index is 0.146. The Morgan fingerprint density at radius 3 is 2.58 bits per heavy atom. The standard InChI is InChI=1S/C22H23FN4O5S/c1-26-9-8-24-21(26)15-32-18-5-2-16(3-6-18)22(28)25-17-4-7-19(23)20(14-17)33(29,30)27-10-12-31-13-11-27/h2-9,14H,10-13,15H2,1H3,(H,25,28). The Morgan fingerprint density at radius 1 is 1.18 bits per heavy atom. The second-order valence-electron chi connectivity index (χ2n) is 7.38. The van der Waals surface area contributed by atoms with Gasteiger partial charge in [-0.25, -0.2) is 17.8 Å². The van der Waals surface area contributed by atoms with E-state index in [-0.39, 0.29) is 38.6 Å². The van der Waals surface area contributed by atoms with E-state index in [2.05, 4.69) is 10.3 Å². The average Bonchev–Trinajstić information content (AvgIpc) is 3.24. The van der Waals surface area contributed by atoms with Crippen LogP contribution in [0, 0.1) is 5.82 Å². The second kappa shape index (κ2) is 9.69. The van der Waals surface area contributed by atoms with Crippen molar-refractivity contribution >= 4 is 21.6 Å². The van der Waals surface area contributed by atoms with Crippen molar-refractivity contribution in [1.29, 1.82) is 0 Å². The molecule has 0 unspecified atom stereocenters. The van der Waals surface area contributed by atoms with Gasteiger partial charge in [0.1, 0.15) is 28.9 Å². The van der Waals surface area contributed by atoms with E-state index in [1.807, 2.05) is 17.8 Å². The minimum atomic E-state index is -4.05. The highest BCUT2D eigenvalue weighted by molar-refractivity contribution is 7.89. The number of morpholine rings is 1. The first-order chi connectivity index (χ1) is 15.8. The Kier molecular flexibility index (Phi) is 6.72. The van der Waals surface area contributed by atoms with Crippen LogP contribution >= 0.6 is 0 Å². The summed E-state index contributed by atoms with van der Waals surface area (Å²) in [6, 6.07) is 9.93. The summed E-state index contributed by atoms with van der Waals surface area (Å²) in [7, 11) is -2.18. The Labute approximate surface area is 190 Å². The monoisotopic (exact) mass is 474 g/mol. The molecule has 1 N–H and O–H groups in total. The second-order valence-corrected chi connectivity index (χ2v) is 9.29. The van der Waals surface area contributed by atoms with Gasteiger partial charge in [0.25, 0.3) is 5.91 Å². The number of nitrogens with one attached hydrogen (secondary N) is 1. The molecule has 2 aromatic carbocycles. The summed E-state index contributed by atoms with van der Waals surface area (Å²) < 4.78 is 53.8. The van der Waals surface area contributed by atoms with E-state index in [4.69, 9.17) is 9.47 Å². The molecule has 0 atom stereocenters. The van der Waals surface area contributed by atoms with Crippen LogP contribution in [-0.4, -0.2) is 54.5 Å². The zero-order valence-electron chi connectivity index (χ0n) is 17.9. The number of nitrogens with zero attached hydrogens (tertiary/aromatic N) is 3. The van der Waals surface area contributed by atoms with E-state index in [1.54, 1.807) is 30.5 Å². The van der Waals surface area contributed by atoms with Gasteiger partial charge in [-0.15, -0.1) is 0 Å². The van der Waals surface area contributed by atoms with Crippen LogP contribution in [0.1, 0.15) is 16.2 Å². The van der Waals surface area contributed by atoms with Gasteiger partial charge in [0.05, 0.1) is 13.2 Å². The van der Waals surface area contributed by atoms with Gasteiger partial charge in [-0.1, -0.05) is 0 Å². The quantitative estimate of drug-likeness (QED) is 0.564. The molecule has 0 radical (unpaired) electrons. The van der Waals surface area contributed by atoms with Crippen molar-refractivity contribution in [3.05, 3.63) is 72.1 Å². The van der Waals surface area contributed by atoms with Crippen molar-refractivity contribution < 1.29 is 27.1 Å². The van der Waals surface area contributed by atoms with Crippen molar-refractivity contribution in [2.45, 2.75) is 11.5 Å². The molecule has 1 aliphatic rings. The van der Waals surface area contributed by atoms with Gasteiger partial charge in [0.15, 0.2) is 0 Å². The molecule has 1 amide bonds. The topological polar surface area (TPSA) is 103 Å². The van der Waals surface area contributed by atoms with E-state index in [9.17, 15) is 17.6 Å². The summed E-state index contributed by atoms with van der Waals surface area (Å²) in [4.78, 5) is 16.3. The van der Waals surface area contributed by atoms with Crippen molar-refractivity contribution in [2.75, 3.05) is 31.6 Å². The molecule has 2 heterocycles. The zero-order chi connectivity index (χ0) is 23.4. The number of anilines is 1. The van der Waals surface area contributed by atoms with Crippen molar-refractivity contribution in [3.8, 4) is 5.75 Å². The molecule has 1 aromatic heterocycles. The Balaban J connectivity index is 1.44. The summed E-state index contributed by atoms with van der Waals surface area (Å²) >= 11 is 0. The number of halogens is 1. The SMILES string of the molecule is Cn1ccnc1COc1ccc(C(=O)Nc2ccc(F)c(S(=O)(=O)N3CCOCC3)c2)cc1. The summed E-state index contributed by atoms with van der Waals surface area (Å²) in [5.41, 5.74) is 0.504. The van der Waals surface area contributed by atoms with Crippen LogP contribution in [0.4, 0.5) is 10.1 Å². The first kappa shape index (κ1) is 22.9. The Morgan fingerprint density at radius 2 is 1.91 bits per heavy atom. The van der Waals surface area contributed by atoms with E-state index in [0.29, 0.717) is 11.3 Å². The number of rotatable bonds is 7. The van der Waals surface area contributed by atoms with Crippen LogP contribution < -0.4 is 10.1 Å². The van der Waals surface area contributed by atoms with E-state index in [0.717, 1.165) is 18.0 Å². The van der Waals surface area contributed by atoms with E-state index < -0.39 is 26.6 Å². The van der Waals surface area contributed by atoms with Crippen LogP contribution in [0.2, 0.25) is 0 Å². The number of ether oxygens (including phenoxy) is 2. The van der Waals surface area contributed by atoms with Gasteiger partial charge >= 0.3 is 0 Å². The smallest absolute Gasteiger partial charge is 0.255 e. The molecule has 0 aliphatic carbocycles. The molecule has 0 spiro atoms. The van der Waals surface area contributed by atoms with Crippen LogP contribution in [0.5, 0.6) is 5.75 Å². The van der Waals surface area contributed by atoms with Gasteiger partial charge in [-0.05, 0) is 42.5 Å². The Hall–Kier alpha value is -3.28. The highest BCUT2D eigenvalue weighted by Crippen LogP contribution is 2.24. The highest BCUT2D eigenvalue weighted by Gasteiger charge is 2.29. The van der Waals surface area contributed by atoms with Crippen LogP contribution in [0.25, 0.3) is 0 Å². The number of hydrogen-bond donors (Lipinski definition) is 1. The van der Waals surface area contributed by atoms with Crippen LogP contribution in [0.15, 0.2) is 59.8 Å². The molecule has 1 saturated heterocycles. The fourth-order valence-corrected chi connectivity index (χ4v) is 4.79. The lowest BCUT2D eigenvalue weighted by Gasteiger charge is -2.26. The molecule has 9 nitrogen and oxygen atoms in total. The number of carbonyl (C=O) groups is 1. The number of sulfonamides is 1. The highest BCUT2D eigenvalue weighted by atomic mass is 32.2. The van der Waals surface area contributed by atoms with Crippen molar-refractivity contribution in [3.63, 3.8) is 0 Å². The molecule has 1 fully saturated rings. The normalized spacial score (nSPS) is 14.7. The van der Waals surface area contributed by atoms with Gasteiger partial charge in [0.2, 0.25) is 10.0 Å². The van der Waals surface area contributed by atoms with Gasteiger partial charge < -0.3 is 19.4 Å². The lowest BCUT2D eigenvalue weighted by atomic mass is 10.2. The molecule has 3 aromatic rings. The first-order valence-electron chi connectivity index (χ1n) is 10.2. The molecule has 0 saturated carbocycles. The number of carbonyl (C=O) groups excluding carboxylic acids is 1. The number of aromatic nitrogens is 2. The summed E-state index contributed by atoms with van der Waals surface area (Å²) in [6.07, 6.45) is 3.50. The number of hydrogen-bond acceptors (Lipinski definition) is 6. The van der Waals surface area contributed by atoms with Crippen molar-refractivity contribution in [1.82, 2.24) is 13.9 Å². The van der Waals surface area contributed by atoms with E-state index >= 15 is 0 Å². The van der Waals surface area contributed by atoms with Crippen molar-refractivity contribution in [2.24, 2.45) is 7.05 Å². The predicted molar refractivity (Wildman–Crippen MR) is 118 cm³/mol. The zero-order valence-corrected chi connectivity index (χ0v) is 18.7. The third-order valence-corrected chi connectivity index (χ3v) is 7.10. The van der Waals surface area contributed by atoms with Gasteiger partial charge in [0, 0.05) is 43.8 Å². The molecule has 174 valence electrons.